The molecule has 0 saturated carbocycles. The summed E-state index contributed by atoms with van der Waals surface area (Å²) >= 11 is 2.58. The Labute approximate surface area is 184 Å². The first-order valence-corrected chi connectivity index (χ1v) is 12.9. The molecule has 1 aromatic carbocycles. The Morgan fingerprint density at radius 3 is 2.80 bits per heavy atom. The number of carbonyl (C=O) groups is 1. The zero-order chi connectivity index (χ0) is 21.3. The average molecular weight is 462 g/mol. The van der Waals surface area contributed by atoms with Crippen molar-refractivity contribution in [1.29, 1.82) is 0 Å². The van der Waals surface area contributed by atoms with Crippen LogP contribution in [0.3, 0.4) is 0 Å². The molecule has 1 fully saturated rings. The van der Waals surface area contributed by atoms with Crippen LogP contribution in [-0.4, -0.2) is 36.7 Å². The molecule has 3 heterocycles. The highest BCUT2D eigenvalue weighted by molar-refractivity contribution is 7.91. The average Bonchev–Trinajstić information content (AvgIpc) is 3.41. The second-order valence-electron chi connectivity index (χ2n) is 7.48. The number of amides is 1. The lowest BCUT2D eigenvalue weighted by Gasteiger charge is -2.30. The third-order valence-corrected chi connectivity index (χ3v) is 9.23. The van der Waals surface area contributed by atoms with Crippen molar-refractivity contribution in [2.75, 3.05) is 18.4 Å². The topological polar surface area (TPSA) is 79.4 Å². The van der Waals surface area contributed by atoms with Crippen LogP contribution in [0.4, 0.5) is 5.13 Å². The van der Waals surface area contributed by atoms with E-state index >= 15 is 0 Å². The quantitative estimate of drug-likeness (QED) is 0.606. The Bertz CT molecular complexity index is 1150. The molecule has 9 heteroatoms. The minimum atomic E-state index is -3.54. The lowest BCUT2D eigenvalue weighted by atomic mass is 9.99. The molecule has 1 amide bonds. The fourth-order valence-electron chi connectivity index (χ4n) is 3.68. The molecule has 6 nitrogen and oxygen atoms in total. The van der Waals surface area contributed by atoms with E-state index in [-0.39, 0.29) is 18.4 Å². The fraction of sp³-hybridized carbons (Fsp3) is 0.333. The van der Waals surface area contributed by atoms with Gasteiger partial charge in [-0.3, -0.25) is 4.79 Å². The summed E-state index contributed by atoms with van der Waals surface area (Å²) in [4.78, 5) is 17.4. The number of sulfonamides is 1. The van der Waals surface area contributed by atoms with E-state index < -0.39 is 10.0 Å². The first-order chi connectivity index (χ1) is 14.3. The summed E-state index contributed by atoms with van der Waals surface area (Å²) in [5, 5.41) is 7.10. The maximum atomic E-state index is 12.8. The van der Waals surface area contributed by atoms with Crippen molar-refractivity contribution in [3.8, 4) is 11.3 Å². The van der Waals surface area contributed by atoms with Crippen molar-refractivity contribution in [2.24, 2.45) is 5.92 Å². The maximum absolute atomic E-state index is 12.8. The van der Waals surface area contributed by atoms with Crippen molar-refractivity contribution in [3.05, 3.63) is 52.2 Å². The molecule has 0 spiro atoms. The summed E-state index contributed by atoms with van der Waals surface area (Å²) in [6.45, 7) is 4.74. The van der Waals surface area contributed by atoms with E-state index in [1.807, 2.05) is 24.4 Å². The number of piperidine rings is 1. The number of carbonyl (C=O) groups excluding carboxylic acids is 1. The molecule has 3 aromatic rings. The number of hydrogen-bond acceptors (Lipinski definition) is 6. The van der Waals surface area contributed by atoms with Gasteiger partial charge >= 0.3 is 0 Å². The van der Waals surface area contributed by atoms with Gasteiger partial charge in [0.2, 0.25) is 5.91 Å². The molecule has 2 aromatic heterocycles. The highest BCUT2D eigenvalue weighted by Gasteiger charge is 2.34. The van der Waals surface area contributed by atoms with Gasteiger partial charge in [0.05, 0.1) is 11.6 Å². The fourth-order valence-corrected chi connectivity index (χ4v) is 7.06. The molecule has 1 N–H and O–H groups in total. The largest absolute Gasteiger partial charge is 0.302 e. The molecule has 30 heavy (non-hydrogen) atoms. The zero-order valence-corrected chi connectivity index (χ0v) is 19.2. The number of nitrogens with one attached hydrogen (secondary N) is 1. The summed E-state index contributed by atoms with van der Waals surface area (Å²) < 4.78 is 27.3. The smallest absolute Gasteiger partial charge is 0.252 e. The molecule has 0 bridgehead atoms. The van der Waals surface area contributed by atoms with Gasteiger partial charge in [-0.2, -0.15) is 4.31 Å². The van der Waals surface area contributed by atoms with Crippen LogP contribution in [0.25, 0.3) is 11.3 Å². The van der Waals surface area contributed by atoms with Crippen molar-refractivity contribution in [3.63, 3.8) is 0 Å². The summed E-state index contributed by atoms with van der Waals surface area (Å²) in [6, 6.07) is 9.53. The highest BCUT2D eigenvalue weighted by Crippen LogP contribution is 2.30. The SMILES string of the molecule is Cc1ccc(-c2csc(NC(=O)C3CCCN(S(=O)(=O)c4cccs4)C3)n2)c(C)c1. The number of anilines is 1. The number of hydrogen-bond donors (Lipinski definition) is 1. The van der Waals surface area contributed by atoms with Gasteiger partial charge in [0.25, 0.3) is 10.0 Å². The van der Waals surface area contributed by atoms with Crippen molar-refractivity contribution >= 4 is 43.7 Å². The van der Waals surface area contributed by atoms with Gasteiger partial charge in [0, 0.05) is 24.0 Å². The normalized spacial score (nSPS) is 17.7. The standard InChI is InChI=1S/C21H23N3O3S3/c1-14-7-8-17(15(2)11-14)18-13-29-21(22-18)23-20(25)16-5-3-9-24(12-16)30(26,27)19-6-4-10-28-19/h4,6-8,10-11,13,16H,3,5,9,12H2,1-2H3,(H,22,23,25). The predicted molar refractivity (Wildman–Crippen MR) is 121 cm³/mol. The second kappa shape index (κ2) is 8.58. The molecule has 1 aliphatic rings. The van der Waals surface area contributed by atoms with E-state index in [4.69, 9.17) is 0 Å². The van der Waals surface area contributed by atoms with Crippen LogP contribution in [-0.2, 0) is 14.8 Å². The number of aromatic nitrogens is 1. The first-order valence-electron chi connectivity index (χ1n) is 9.72. The zero-order valence-electron chi connectivity index (χ0n) is 16.8. The van der Waals surface area contributed by atoms with Crippen LogP contribution in [0.1, 0.15) is 24.0 Å². The Balaban J connectivity index is 1.45. The van der Waals surface area contributed by atoms with Gasteiger partial charge in [-0.05, 0) is 43.7 Å². The summed E-state index contributed by atoms with van der Waals surface area (Å²) in [6.07, 6.45) is 1.33. The summed E-state index contributed by atoms with van der Waals surface area (Å²) in [7, 11) is -3.54. The van der Waals surface area contributed by atoms with Crippen LogP contribution in [0.2, 0.25) is 0 Å². The Morgan fingerprint density at radius 1 is 1.23 bits per heavy atom. The molecule has 1 unspecified atom stereocenters. The van der Waals surface area contributed by atoms with Gasteiger partial charge < -0.3 is 5.32 Å². The molecular weight excluding hydrogens is 438 g/mol. The second-order valence-corrected chi connectivity index (χ2v) is 11.5. The molecule has 1 aliphatic heterocycles. The van der Waals surface area contributed by atoms with Gasteiger partial charge in [-0.15, -0.1) is 22.7 Å². The summed E-state index contributed by atoms with van der Waals surface area (Å²) in [5.41, 5.74) is 4.21. The Kier molecular flexibility index (Phi) is 6.06. The minimum absolute atomic E-state index is 0.178. The van der Waals surface area contributed by atoms with Gasteiger partial charge in [0.15, 0.2) is 5.13 Å². The van der Waals surface area contributed by atoms with Crippen LogP contribution in [0, 0.1) is 19.8 Å². The monoisotopic (exact) mass is 461 g/mol. The third-order valence-electron chi connectivity index (χ3n) is 5.24. The molecule has 4 rings (SSSR count). The molecule has 1 atom stereocenters. The number of thiazole rings is 1. The van der Waals surface area contributed by atoms with E-state index in [2.05, 4.69) is 23.3 Å². The van der Waals surface area contributed by atoms with Crippen LogP contribution >= 0.6 is 22.7 Å². The number of benzene rings is 1. The first kappa shape index (κ1) is 21.2. The number of aryl methyl sites for hydroxylation is 2. The number of nitrogens with zero attached hydrogens (tertiary/aromatic N) is 2. The third kappa shape index (κ3) is 4.34. The Hall–Kier alpha value is -2.07. The van der Waals surface area contributed by atoms with Crippen molar-refractivity contribution in [1.82, 2.24) is 9.29 Å². The van der Waals surface area contributed by atoms with E-state index in [9.17, 15) is 13.2 Å². The number of rotatable bonds is 5. The lowest BCUT2D eigenvalue weighted by molar-refractivity contribution is -0.120. The van der Waals surface area contributed by atoms with Gasteiger partial charge in [-0.25, -0.2) is 13.4 Å². The Morgan fingerprint density at radius 2 is 2.07 bits per heavy atom. The van der Waals surface area contributed by atoms with Crippen LogP contribution in [0.5, 0.6) is 0 Å². The van der Waals surface area contributed by atoms with Crippen LogP contribution < -0.4 is 5.32 Å². The van der Waals surface area contributed by atoms with Gasteiger partial charge in [0.1, 0.15) is 4.21 Å². The highest BCUT2D eigenvalue weighted by atomic mass is 32.2. The molecule has 158 valence electrons. The predicted octanol–water partition coefficient (Wildman–Crippen LogP) is 4.53. The van der Waals surface area contributed by atoms with E-state index in [1.54, 1.807) is 17.5 Å². The van der Waals surface area contributed by atoms with E-state index in [1.165, 1.54) is 32.5 Å². The number of thiophene rings is 1. The molecule has 0 radical (unpaired) electrons. The lowest BCUT2D eigenvalue weighted by Crippen LogP contribution is -2.43. The van der Waals surface area contributed by atoms with Crippen LogP contribution in [0.15, 0.2) is 45.3 Å². The van der Waals surface area contributed by atoms with Crippen molar-refractivity contribution in [2.45, 2.75) is 30.9 Å². The van der Waals surface area contributed by atoms with E-state index in [0.717, 1.165) is 16.8 Å². The minimum Gasteiger partial charge on any atom is -0.302 e. The van der Waals surface area contributed by atoms with E-state index in [0.29, 0.717) is 28.7 Å². The maximum Gasteiger partial charge on any atom is 0.252 e. The summed E-state index contributed by atoms with van der Waals surface area (Å²) in [5.74, 6) is -0.565. The van der Waals surface area contributed by atoms with Gasteiger partial charge in [-0.1, -0.05) is 29.8 Å². The molecular formula is C21H23N3O3S3. The molecule has 0 aliphatic carbocycles. The van der Waals surface area contributed by atoms with Crippen molar-refractivity contribution < 1.29 is 13.2 Å². The molecule has 1 saturated heterocycles.